The minimum absolute atomic E-state index is 0. The Hall–Kier alpha value is -1.06. The summed E-state index contributed by atoms with van der Waals surface area (Å²) in [6, 6.07) is 9.21. The Morgan fingerprint density at radius 2 is 1.92 bits per heavy atom. The van der Waals surface area contributed by atoms with E-state index < -0.39 is 0 Å². The van der Waals surface area contributed by atoms with Crippen LogP contribution in [0.25, 0.3) is 0 Å². The Morgan fingerprint density at radius 3 is 2.42 bits per heavy atom. The van der Waals surface area contributed by atoms with Gasteiger partial charge >= 0.3 is 0 Å². The van der Waals surface area contributed by atoms with Crippen molar-refractivity contribution in [3.8, 4) is 0 Å². The molecule has 0 aliphatic heterocycles. The smallest absolute Gasteiger partial charge is 0.239 e. The van der Waals surface area contributed by atoms with Gasteiger partial charge in [0.2, 0.25) is 5.91 Å². The SMILES string of the molecule is N.O=C(CCl)Nc1ccccc1. The first-order valence-corrected chi connectivity index (χ1v) is 3.77. The third kappa shape index (κ3) is 3.37. The van der Waals surface area contributed by atoms with E-state index >= 15 is 0 Å². The Kier molecular flexibility index (Phi) is 5.08. The van der Waals surface area contributed by atoms with Crippen LogP contribution in [0.3, 0.4) is 0 Å². The van der Waals surface area contributed by atoms with Crippen molar-refractivity contribution in [3.05, 3.63) is 30.3 Å². The molecule has 0 unspecified atom stereocenters. The van der Waals surface area contributed by atoms with Crippen LogP contribution in [0.1, 0.15) is 0 Å². The molecule has 12 heavy (non-hydrogen) atoms. The van der Waals surface area contributed by atoms with Gasteiger partial charge in [0.1, 0.15) is 5.88 Å². The van der Waals surface area contributed by atoms with Crippen molar-refractivity contribution in [2.45, 2.75) is 0 Å². The molecule has 0 aromatic heterocycles. The molecule has 0 saturated carbocycles. The zero-order valence-electron chi connectivity index (χ0n) is 6.59. The van der Waals surface area contributed by atoms with Gasteiger partial charge in [0.15, 0.2) is 0 Å². The number of hydrogen-bond donors (Lipinski definition) is 2. The van der Waals surface area contributed by atoms with Crippen LogP contribution in [0, 0.1) is 0 Å². The van der Waals surface area contributed by atoms with Gasteiger partial charge in [0.05, 0.1) is 0 Å². The first-order chi connectivity index (χ1) is 5.33. The molecule has 0 radical (unpaired) electrons. The van der Waals surface area contributed by atoms with E-state index in [-0.39, 0.29) is 17.9 Å². The average Bonchev–Trinajstić information content (AvgIpc) is 2.06. The third-order valence-corrected chi connectivity index (χ3v) is 1.42. The number of hydrogen-bond acceptors (Lipinski definition) is 2. The Bertz CT molecular complexity index is 238. The van der Waals surface area contributed by atoms with Crippen molar-refractivity contribution >= 4 is 23.2 Å². The number of carbonyl (C=O) groups is 1. The van der Waals surface area contributed by atoms with E-state index in [9.17, 15) is 4.79 Å². The normalized spacial score (nSPS) is 8.42. The van der Waals surface area contributed by atoms with Gasteiger partial charge < -0.3 is 11.5 Å². The molecule has 0 heterocycles. The lowest BCUT2D eigenvalue weighted by atomic mass is 10.3. The lowest BCUT2D eigenvalue weighted by molar-refractivity contribution is -0.113. The molecule has 0 spiro atoms. The van der Waals surface area contributed by atoms with Gasteiger partial charge in [-0.3, -0.25) is 4.79 Å². The van der Waals surface area contributed by atoms with Crippen LogP contribution in [-0.4, -0.2) is 11.8 Å². The van der Waals surface area contributed by atoms with E-state index in [2.05, 4.69) is 5.32 Å². The molecule has 0 saturated heterocycles. The number of rotatable bonds is 2. The van der Waals surface area contributed by atoms with E-state index in [1.54, 1.807) is 0 Å². The van der Waals surface area contributed by atoms with Crippen molar-refractivity contribution in [1.29, 1.82) is 0 Å². The van der Waals surface area contributed by atoms with Gasteiger partial charge in [-0.05, 0) is 12.1 Å². The van der Waals surface area contributed by atoms with Crippen molar-refractivity contribution in [2.24, 2.45) is 0 Å². The Morgan fingerprint density at radius 1 is 1.33 bits per heavy atom. The molecule has 3 nitrogen and oxygen atoms in total. The molecular weight excluding hydrogens is 176 g/mol. The second kappa shape index (κ2) is 5.57. The Labute approximate surface area is 76.3 Å². The lowest BCUT2D eigenvalue weighted by Gasteiger charge is -2.00. The molecule has 0 bridgehead atoms. The molecule has 0 aliphatic rings. The summed E-state index contributed by atoms with van der Waals surface area (Å²) in [7, 11) is 0. The standard InChI is InChI=1S/C8H8ClNO.H3N/c9-6-8(11)10-7-4-2-1-3-5-7;/h1-5H,6H2,(H,10,11);1H3. The van der Waals surface area contributed by atoms with Crippen LogP contribution in [0.5, 0.6) is 0 Å². The second-order valence-electron chi connectivity index (χ2n) is 2.05. The van der Waals surface area contributed by atoms with Gasteiger partial charge in [0.25, 0.3) is 0 Å². The van der Waals surface area contributed by atoms with Crippen molar-refractivity contribution in [1.82, 2.24) is 6.15 Å². The van der Waals surface area contributed by atoms with Crippen LogP contribution < -0.4 is 11.5 Å². The molecule has 1 aromatic carbocycles. The van der Waals surface area contributed by atoms with Crippen LogP contribution in [0.2, 0.25) is 0 Å². The zero-order chi connectivity index (χ0) is 8.10. The fraction of sp³-hybridized carbons (Fsp3) is 0.125. The lowest BCUT2D eigenvalue weighted by Crippen LogP contribution is -2.12. The van der Waals surface area contributed by atoms with Crippen LogP contribution in [-0.2, 0) is 4.79 Å². The molecule has 0 fully saturated rings. The number of alkyl halides is 1. The molecule has 1 amide bonds. The van der Waals surface area contributed by atoms with Crippen molar-refractivity contribution in [2.75, 3.05) is 11.2 Å². The highest BCUT2D eigenvalue weighted by molar-refractivity contribution is 6.29. The van der Waals surface area contributed by atoms with Gasteiger partial charge in [-0.25, -0.2) is 0 Å². The monoisotopic (exact) mass is 186 g/mol. The van der Waals surface area contributed by atoms with Crippen LogP contribution in [0.15, 0.2) is 30.3 Å². The topological polar surface area (TPSA) is 64.1 Å². The predicted molar refractivity (Wildman–Crippen MR) is 50.8 cm³/mol. The molecule has 1 rings (SSSR count). The quantitative estimate of drug-likeness (QED) is 0.695. The molecule has 1 aromatic rings. The highest BCUT2D eigenvalue weighted by Gasteiger charge is 1.96. The highest BCUT2D eigenvalue weighted by Crippen LogP contribution is 2.04. The first kappa shape index (κ1) is 10.9. The summed E-state index contributed by atoms with van der Waals surface area (Å²) < 4.78 is 0. The number of benzene rings is 1. The largest absolute Gasteiger partial charge is 0.344 e. The maximum Gasteiger partial charge on any atom is 0.239 e. The maximum absolute atomic E-state index is 10.7. The zero-order valence-corrected chi connectivity index (χ0v) is 7.34. The minimum atomic E-state index is -0.183. The number of halogens is 1. The molecule has 0 atom stereocenters. The van der Waals surface area contributed by atoms with Crippen LogP contribution in [0.4, 0.5) is 5.69 Å². The maximum atomic E-state index is 10.7. The summed E-state index contributed by atoms with van der Waals surface area (Å²) in [5, 5.41) is 2.62. The van der Waals surface area contributed by atoms with E-state index in [1.165, 1.54) is 0 Å². The first-order valence-electron chi connectivity index (χ1n) is 3.24. The number of nitrogens with one attached hydrogen (secondary N) is 1. The van der Waals surface area contributed by atoms with E-state index in [0.717, 1.165) is 5.69 Å². The number of amides is 1. The van der Waals surface area contributed by atoms with E-state index in [1.807, 2.05) is 30.3 Å². The molecule has 66 valence electrons. The summed E-state index contributed by atoms with van der Waals surface area (Å²) in [5.74, 6) is -0.188. The van der Waals surface area contributed by atoms with E-state index in [0.29, 0.717) is 0 Å². The molecule has 0 aliphatic carbocycles. The number of anilines is 1. The summed E-state index contributed by atoms with van der Waals surface area (Å²) in [6.45, 7) is 0. The van der Waals surface area contributed by atoms with Gasteiger partial charge in [-0.15, -0.1) is 11.6 Å². The van der Waals surface area contributed by atoms with E-state index in [4.69, 9.17) is 11.6 Å². The third-order valence-electron chi connectivity index (χ3n) is 1.18. The predicted octanol–water partition coefficient (Wildman–Crippen LogP) is 2.03. The summed E-state index contributed by atoms with van der Waals surface area (Å²) in [4.78, 5) is 10.7. The van der Waals surface area contributed by atoms with Gasteiger partial charge in [0, 0.05) is 5.69 Å². The fourth-order valence-corrected chi connectivity index (χ4v) is 0.783. The van der Waals surface area contributed by atoms with Crippen LogP contribution >= 0.6 is 11.6 Å². The summed E-state index contributed by atoms with van der Waals surface area (Å²) in [6.07, 6.45) is 0. The van der Waals surface area contributed by atoms with Gasteiger partial charge in [-0.1, -0.05) is 18.2 Å². The summed E-state index contributed by atoms with van der Waals surface area (Å²) in [5.41, 5.74) is 0.776. The van der Waals surface area contributed by atoms with Crippen molar-refractivity contribution < 1.29 is 4.79 Å². The Balaban J connectivity index is 0.00000121. The fourth-order valence-electron chi connectivity index (χ4n) is 0.716. The number of para-hydroxylation sites is 1. The molecule has 4 heteroatoms. The molecule has 4 N–H and O–H groups in total. The number of carbonyl (C=O) groups excluding carboxylic acids is 1. The van der Waals surface area contributed by atoms with Crippen molar-refractivity contribution in [3.63, 3.8) is 0 Å². The average molecular weight is 187 g/mol. The highest BCUT2D eigenvalue weighted by atomic mass is 35.5. The minimum Gasteiger partial charge on any atom is -0.344 e. The summed E-state index contributed by atoms with van der Waals surface area (Å²) >= 11 is 5.29. The second-order valence-corrected chi connectivity index (χ2v) is 2.32. The van der Waals surface area contributed by atoms with Gasteiger partial charge in [-0.2, -0.15) is 0 Å². The molecular formula is C8H11ClN2O.